The quantitative estimate of drug-likeness (QED) is 0.185. The monoisotopic (exact) mass is 548 g/mol. The Kier molecular flexibility index (Phi) is 8.04. The van der Waals surface area contributed by atoms with E-state index in [1.807, 2.05) is 24.3 Å². The van der Waals surface area contributed by atoms with Gasteiger partial charge < -0.3 is 5.32 Å². The van der Waals surface area contributed by atoms with Crippen LogP contribution in [0.2, 0.25) is 0 Å². The Labute approximate surface area is 243 Å². The second-order valence-corrected chi connectivity index (χ2v) is 12.0. The van der Waals surface area contributed by atoms with Gasteiger partial charge in [0.25, 0.3) is 0 Å². The largest absolute Gasteiger partial charge is 0.326 e. The van der Waals surface area contributed by atoms with Gasteiger partial charge in [-0.3, -0.25) is 14.4 Å². The summed E-state index contributed by atoms with van der Waals surface area (Å²) in [6, 6.07) is 23.7. The molecule has 2 bridgehead atoms. The topological polar surface area (TPSA) is 66.5 Å². The highest BCUT2D eigenvalue weighted by Gasteiger charge is 2.61. The fraction of sp³-hybridized carbons (Fsp3) is 0.417. The Balaban J connectivity index is 1.09. The summed E-state index contributed by atoms with van der Waals surface area (Å²) in [5.74, 6) is -1.26. The average Bonchev–Trinajstić information content (AvgIpc) is 3.26. The predicted molar refractivity (Wildman–Crippen MR) is 163 cm³/mol. The number of rotatable bonds is 12. The number of carbonyl (C=O) groups is 3. The summed E-state index contributed by atoms with van der Waals surface area (Å²) in [7, 11) is 0. The van der Waals surface area contributed by atoms with Crippen LogP contribution in [0.25, 0.3) is 0 Å². The van der Waals surface area contributed by atoms with Gasteiger partial charge in [0.15, 0.2) is 0 Å². The molecule has 0 aromatic heterocycles. The van der Waals surface area contributed by atoms with Crippen molar-refractivity contribution in [1.29, 1.82) is 0 Å². The first kappa shape index (κ1) is 27.4. The van der Waals surface area contributed by atoms with Gasteiger partial charge in [-0.15, -0.1) is 0 Å². The van der Waals surface area contributed by atoms with Crippen molar-refractivity contribution in [3.05, 3.63) is 95.1 Å². The van der Waals surface area contributed by atoms with Gasteiger partial charge >= 0.3 is 0 Å². The van der Waals surface area contributed by atoms with E-state index < -0.39 is 11.8 Å². The molecule has 1 heterocycles. The number of imide groups is 1. The van der Waals surface area contributed by atoms with E-state index in [9.17, 15) is 14.4 Å². The van der Waals surface area contributed by atoms with Gasteiger partial charge in [0.2, 0.25) is 17.7 Å². The van der Waals surface area contributed by atoms with Crippen molar-refractivity contribution in [3.63, 3.8) is 0 Å². The molecule has 1 fully saturated rings. The molecule has 212 valence electrons. The van der Waals surface area contributed by atoms with Crippen LogP contribution in [-0.4, -0.2) is 17.7 Å². The number of carbonyl (C=O) groups excluding carboxylic acids is 3. The molecule has 4 aliphatic rings. The molecule has 7 rings (SSSR count). The molecule has 1 N–H and O–H groups in total. The van der Waals surface area contributed by atoms with Gasteiger partial charge in [-0.2, -0.15) is 0 Å². The van der Waals surface area contributed by atoms with Gasteiger partial charge in [-0.05, 0) is 52.9 Å². The highest BCUT2D eigenvalue weighted by atomic mass is 16.2. The molecular weight excluding hydrogens is 508 g/mol. The number of hydrogen-bond acceptors (Lipinski definition) is 3. The SMILES string of the molecule is CCCCCCCCCCCC(=O)Nc1ccc(N2C(=O)[C@H]3C4c5ccccc5C(c5ccccc54)[C@@H]3C2=O)cc1. The van der Waals surface area contributed by atoms with Gasteiger partial charge in [-0.1, -0.05) is 107 Å². The fourth-order valence-electron chi connectivity index (χ4n) is 7.45. The van der Waals surface area contributed by atoms with E-state index in [4.69, 9.17) is 0 Å². The minimum Gasteiger partial charge on any atom is -0.326 e. The lowest BCUT2D eigenvalue weighted by Gasteiger charge is -2.45. The van der Waals surface area contributed by atoms with Gasteiger partial charge in [0.05, 0.1) is 17.5 Å². The maximum atomic E-state index is 13.9. The third-order valence-corrected chi connectivity index (χ3v) is 9.37. The lowest BCUT2D eigenvalue weighted by atomic mass is 9.55. The second-order valence-electron chi connectivity index (χ2n) is 12.0. The summed E-state index contributed by atoms with van der Waals surface area (Å²) in [5, 5.41) is 2.98. The number of hydrogen-bond donors (Lipinski definition) is 1. The molecule has 1 aliphatic heterocycles. The first-order chi connectivity index (χ1) is 20.1. The van der Waals surface area contributed by atoms with Crippen molar-refractivity contribution in [2.24, 2.45) is 11.8 Å². The molecule has 5 heteroatoms. The molecule has 1 saturated heterocycles. The number of amides is 3. The fourth-order valence-corrected chi connectivity index (χ4v) is 7.45. The third-order valence-electron chi connectivity index (χ3n) is 9.37. The van der Waals surface area contributed by atoms with Crippen LogP contribution in [0.4, 0.5) is 11.4 Å². The molecule has 0 unspecified atom stereocenters. The van der Waals surface area contributed by atoms with Crippen molar-refractivity contribution in [3.8, 4) is 0 Å². The van der Waals surface area contributed by atoms with Gasteiger partial charge in [0.1, 0.15) is 0 Å². The summed E-state index contributed by atoms with van der Waals surface area (Å²) < 4.78 is 0. The van der Waals surface area contributed by atoms with Crippen molar-refractivity contribution in [2.45, 2.75) is 83.0 Å². The zero-order valence-corrected chi connectivity index (χ0v) is 24.0. The first-order valence-electron chi connectivity index (χ1n) is 15.6. The van der Waals surface area contributed by atoms with Crippen molar-refractivity contribution in [2.75, 3.05) is 10.2 Å². The summed E-state index contributed by atoms with van der Waals surface area (Å²) in [6.07, 6.45) is 11.5. The molecule has 3 aliphatic carbocycles. The maximum Gasteiger partial charge on any atom is 0.238 e. The van der Waals surface area contributed by atoms with E-state index in [2.05, 4.69) is 36.5 Å². The molecule has 2 atom stereocenters. The molecule has 5 nitrogen and oxygen atoms in total. The minimum absolute atomic E-state index is 0.00662. The summed E-state index contributed by atoms with van der Waals surface area (Å²) in [6.45, 7) is 2.24. The van der Waals surface area contributed by atoms with E-state index in [-0.39, 0.29) is 29.6 Å². The minimum atomic E-state index is -0.395. The maximum absolute atomic E-state index is 13.9. The predicted octanol–water partition coefficient (Wildman–Crippen LogP) is 7.94. The Bertz CT molecular complexity index is 1310. The second kappa shape index (κ2) is 12.0. The standard InChI is InChI=1S/C36H40N2O3/c1-2-3-4-5-6-7-8-9-10-19-30(39)37-24-20-22-25(23-21-24)38-35(40)33-31-26-15-11-12-16-27(26)32(34(33)36(38)41)29-18-14-13-17-28(29)31/h11-18,20-23,31-34H,2-10,19H2,1H3,(H,37,39)/t31?,32?,33-,34-/m0/s1. The van der Waals surface area contributed by atoms with Crippen LogP contribution in [-0.2, 0) is 14.4 Å². The molecule has 41 heavy (non-hydrogen) atoms. The highest BCUT2D eigenvalue weighted by molar-refractivity contribution is 6.23. The number of benzene rings is 3. The van der Waals surface area contributed by atoms with Crippen LogP contribution in [0.15, 0.2) is 72.8 Å². The van der Waals surface area contributed by atoms with E-state index in [0.29, 0.717) is 17.8 Å². The van der Waals surface area contributed by atoms with Crippen molar-refractivity contribution < 1.29 is 14.4 Å². The smallest absolute Gasteiger partial charge is 0.238 e. The van der Waals surface area contributed by atoms with Gasteiger partial charge in [-0.25, -0.2) is 4.90 Å². The highest BCUT2D eigenvalue weighted by Crippen LogP contribution is 2.61. The van der Waals surface area contributed by atoms with E-state index in [0.717, 1.165) is 12.8 Å². The molecule has 0 radical (unpaired) electrons. The lowest BCUT2D eigenvalue weighted by molar-refractivity contribution is -0.122. The zero-order valence-electron chi connectivity index (χ0n) is 24.0. The molecule has 3 amide bonds. The summed E-state index contributed by atoms with van der Waals surface area (Å²) in [4.78, 5) is 41.7. The lowest BCUT2D eigenvalue weighted by Crippen LogP contribution is -2.41. The van der Waals surface area contributed by atoms with Crippen molar-refractivity contribution in [1.82, 2.24) is 0 Å². The molecule has 0 spiro atoms. The zero-order chi connectivity index (χ0) is 28.3. The number of unbranched alkanes of at least 4 members (excludes halogenated alkanes) is 8. The summed E-state index contributed by atoms with van der Waals surface area (Å²) >= 11 is 0. The summed E-state index contributed by atoms with van der Waals surface area (Å²) in [5.41, 5.74) is 5.94. The van der Waals surface area contributed by atoms with Crippen LogP contribution in [0.1, 0.15) is 105 Å². The van der Waals surface area contributed by atoms with Crippen LogP contribution in [0.3, 0.4) is 0 Å². The third kappa shape index (κ3) is 5.11. The first-order valence-corrected chi connectivity index (χ1v) is 15.6. The van der Waals surface area contributed by atoms with Crippen LogP contribution >= 0.6 is 0 Å². The van der Waals surface area contributed by atoms with E-state index >= 15 is 0 Å². The van der Waals surface area contributed by atoms with Gasteiger partial charge in [0, 0.05) is 23.9 Å². The van der Waals surface area contributed by atoms with Crippen molar-refractivity contribution >= 4 is 29.1 Å². The molecule has 3 aromatic carbocycles. The average molecular weight is 549 g/mol. The normalized spacial score (nSPS) is 21.9. The molecule has 0 saturated carbocycles. The van der Waals surface area contributed by atoms with E-state index in [1.165, 1.54) is 72.1 Å². The Morgan fingerprint density at radius 2 is 1.07 bits per heavy atom. The Morgan fingerprint density at radius 3 is 1.54 bits per heavy atom. The number of nitrogens with one attached hydrogen (secondary N) is 1. The van der Waals surface area contributed by atoms with Crippen LogP contribution < -0.4 is 10.2 Å². The van der Waals surface area contributed by atoms with Crippen LogP contribution in [0.5, 0.6) is 0 Å². The van der Waals surface area contributed by atoms with E-state index in [1.54, 1.807) is 24.3 Å². The Hall–Kier alpha value is -3.73. The molecular formula is C36H40N2O3. The number of anilines is 2. The van der Waals surface area contributed by atoms with Crippen LogP contribution in [0, 0.1) is 11.8 Å². The number of nitrogens with zero attached hydrogens (tertiary/aromatic N) is 1. The molecule has 3 aromatic rings. The Morgan fingerprint density at radius 1 is 0.634 bits per heavy atom.